The minimum absolute atomic E-state index is 0.121. The second kappa shape index (κ2) is 13.5. The molecular formula is C26H36N4O4. The van der Waals surface area contributed by atoms with E-state index in [1.165, 1.54) is 0 Å². The molecule has 0 fully saturated rings. The summed E-state index contributed by atoms with van der Waals surface area (Å²) < 4.78 is 0. The molecule has 0 saturated carbocycles. The van der Waals surface area contributed by atoms with E-state index in [2.05, 4.69) is 16.0 Å². The van der Waals surface area contributed by atoms with E-state index in [1.807, 2.05) is 74.5 Å². The second-order valence-electron chi connectivity index (χ2n) is 8.93. The molecule has 8 nitrogen and oxygen atoms in total. The lowest BCUT2D eigenvalue weighted by molar-refractivity contribution is -0.134. The molecule has 0 aliphatic rings. The predicted octanol–water partition coefficient (Wildman–Crippen LogP) is 1.27. The maximum absolute atomic E-state index is 13.1. The van der Waals surface area contributed by atoms with Gasteiger partial charge in [0, 0.05) is 6.54 Å². The first-order valence-corrected chi connectivity index (χ1v) is 11.6. The number of hydrogen-bond donors (Lipinski definition) is 5. The molecule has 34 heavy (non-hydrogen) atoms. The largest absolute Gasteiger partial charge is 0.381 e. The summed E-state index contributed by atoms with van der Waals surface area (Å²) in [7, 11) is 0. The molecule has 2 aromatic rings. The van der Waals surface area contributed by atoms with Gasteiger partial charge in [-0.1, -0.05) is 74.5 Å². The zero-order valence-electron chi connectivity index (χ0n) is 20.0. The van der Waals surface area contributed by atoms with Crippen molar-refractivity contribution >= 4 is 17.7 Å². The first kappa shape index (κ1) is 27.0. The third-order valence-corrected chi connectivity index (χ3v) is 5.34. The zero-order valence-corrected chi connectivity index (χ0v) is 20.0. The summed E-state index contributed by atoms with van der Waals surface area (Å²) in [5.74, 6) is -1.39. The minimum atomic E-state index is -1.49. The van der Waals surface area contributed by atoms with Crippen LogP contribution in [0, 0.1) is 5.92 Å². The van der Waals surface area contributed by atoms with Crippen LogP contribution >= 0.6 is 0 Å². The van der Waals surface area contributed by atoms with Gasteiger partial charge in [-0.2, -0.15) is 0 Å². The van der Waals surface area contributed by atoms with Crippen molar-refractivity contribution in [2.75, 3.05) is 0 Å². The van der Waals surface area contributed by atoms with Crippen molar-refractivity contribution in [2.45, 2.75) is 64.4 Å². The SMILES string of the molecule is CC(C)C[C@H](NC(=O)[C@H](C)N)C(=O)N[C@@H](Cc1ccccc1)C(O)C(=O)NCc1ccccc1. The van der Waals surface area contributed by atoms with Gasteiger partial charge in [-0.25, -0.2) is 0 Å². The fourth-order valence-corrected chi connectivity index (χ4v) is 3.47. The number of hydrogen-bond acceptors (Lipinski definition) is 5. The Bertz CT molecular complexity index is 919. The summed E-state index contributed by atoms with van der Waals surface area (Å²) >= 11 is 0. The molecule has 184 valence electrons. The van der Waals surface area contributed by atoms with Crippen LogP contribution in [0.25, 0.3) is 0 Å². The summed E-state index contributed by atoms with van der Waals surface area (Å²) in [6.07, 6.45) is -0.863. The van der Waals surface area contributed by atoms with Gasteiger partial charge >= 0.3 is 0 Å². The molecule has 1 unspecified atom stereocenters. The summed E-state index contributed by atoms with van der Waals surface area (Å²) in [5.41, 5.74) is 7.39. The Kier molecular flexibility index (Phi) is 10.7. The monoisotopic (exact) mass is 468 g/mol. The Morgan fingerprint density at radius 1 is 0.824 bits per heavy atom. The molecule has 4 atom stereocenters. The lowest BCUT2D eigenvalue weighted by Gasteiger charge is -2.27. The van der Waals surface area contributed by atoms with Gasteiger partial charge in [0.25, 0.3) is 5.91 Å². The third-order valence-electron chi connectivity index (χ3n) is 5.34. The number of rotatable bonds is 12. The molecule has 0 radical (unpaired) electrons. The Labute approximate surface area is 201 Å². The highest BCUT2D eigenvalue weighted by molar-refractivity contribution is 5.90. The minimum Gasteiger partial charge on any atom is -0.381 e. The number of carbonyl (C=O) groups is 3. The van der Waals surface area contributed by atoms with Crippen LogP contribution < -0.4 is 21.7 Å². The van der Waals surface area contributed by atoms with E-state index in [9.17, 15) is 19.5 Å². The molecule has 2 aromatic carbocycles. The van der Waals surface area contributed by atoms with Gasteiger partial charge in [-0.3, -0.25) is 14.4 Å². The second-order valence-corrected chi connectivity index (χ2v) is 8.93. The fraction of sp³-hybridized carbons (Fsp3) is 0.423. The van der Waals surface area contributed by atoms with E-state index in [-0.39, 0.29) is 18.9 Å². The molecule has 0 aliphatic heterocycles. The van der Waals surface area contributed by atoms with Crippen LogP contribution in [0.1, 0.15) is 38.3 Å². The summed E-state index contributed by atoms with van der Waals surface area (Å²) in [4.78, 5) is 38.0. The highest BCUT2D eigenvalue weighted by Gasteiger charge is 2.31. The van der Waals surface area contributed by atoms with E-state index in [1.54, 1.807) is 6.92 Å². The first-order chi connectivity index (χ1) is 16.2. The zero-order chi connectivity index (χ0) is 25.1. The van der Waals surface area contributed by atoms with Gasteiger partial charge in [0.15, 0.2) is 6.10 Å². The Morgan fingerprint density at radius 2 is 1.38 bits per heavy atom. The summed E-state index contributed by atoms with van der Waals surface area (Å²) in [5, 5.41) is 19.0. The first-order valence-electron chi connectivity index (χ1n) is 11.6. The van der Waals surface area contributed by atoms with Crippen molar-refractivity contribution in [3.05, 3.63) is 71.8 Å². The number of aliphatic hydroxyl groups is 1. The van der Waals surface area contributed by atoms with Crippen molar-refractivity contribution in [3.8, 4) is 0 Å². The van der Waals surface area contributed by atoms with E-state index < -0.39 is 42.0 Å². The fourth-order valence-electron chi connectivity index (χ4n) is 3.47. The van der Waals surface area contributed by atoms with Gasteiger partial charge < -0.3 is 26.8 Å². The maximum atomic E-state index is 13.1. The molecule has 3 amide bonds. The van der Waals surface area contributed by atoms with E-state index >= 15 is 0 Å². The topological polar surface area (TPSA) is 134 Å². The number of benzene rings is 2. The number of aliphatic hydroxyl groups excluding tert-OH is 1. The molecule has 6 N–H and O–H groups in total. The normalized spacial score (nSPS) is 14.5. The Morgan fingerprint density at radius 3 is 1.91 bits per heavy atom. The van der Waals surface area contributed by atoms with Crippen LogP contribution in [0.5, 0.6) is 0 Å². The number of nitrogens with two attached hydrogens (primary N) is 1. The highest BCUT2D eigenvalue weighted by atomic mass is 16.3. The van der Waals surface area contributed by atoms with Crippen molar-refractivity contribution in [3.63, 3.8) is 0 Å². The number of nitrogens with one attached hydrogen (secondary N) is 3. The molecule has 0 aromatic heterocycles. The van der Waals surface area contributed by atoms with Crippen LogP contribution in [0.3, 0.4) is 0 Å². The number of amides is 3. The van der Waals surface area contributed by atoms with Gasteiger partial charge in [-0.05, 0) is 36.8 Å². The van der Waals surface area contributed by atoms with Crippen LogP contribution in [0.4, 0.5) is 0 Å². The predicted molar refractivity (Wildman–Crippen MR) is 131 cm³/mol. The van der Waals surface area contributed by atoms with Gasteiger partial charge in [0.2, 0.25) is 11.8 Å². The Balaban J connectivity index is 2.16. The quantitative estimate of drug-likeness (QED) is 0.320. The molecule has 0 bridgehead atoms. The average Bonchev–Trinajstić information content (AvgIpc) is 2.82. The van der Waals surface area contributed by atoms with Crippen molar-refractivity contribution in [1.82, 2.24) is 16.0 Å². The molecule has 0 spiro atoms. The number of carbonyl (C=O) groups excluding carboxylic acids is 3. The Hall–Kier alpha value is -3.23. The molecule has 0 heterocycles. The smallest absolute Gasteiger partial charge is 0.251 e. The van der Waals surface area contributed by atoms with E-state index in [0.29, 0.717) is 6.42 Å². The lowest BCUT2D eigenvalue weighted by atomic mass is 9.98. The van der Waals surface area contributed by atoms with Crippen molar-refractivity contribution < 1.29 is 19.5 Å². The van der Waals surface area contributed by atoms with Crippen LogP contribution in [0.2, 0.25) is 0 Å². The summed E-state index contributed by atoms with van der Waals surface area (Å²) in [6, 6.07) is 16.1. The molecule has 2 rings (SSSR count). The highest BCUT2D eigenvalue weighted by Crippen LogP contribution is 2.10. The lowest BCUT2D eigenvalue weighted by Crippen LogP contribution is -2.57. The van der Waals surface area contributed by atoms with Crippen LogP contribution in [0.15, 0.2) is 60.7 Å². The summed E-state index contributed by atoms with van der Waals surface area (Å²) in [6.45, 7) is 5.67. The van der Waals surface area contributed by atoms with Crippen LogP contribution in [-0.2, 0) is 27.3 Å². The van der Waals surface area contributed by atoms with E-state index in [0.717, 1.165) is 11.1 Å². The van der Waals surface area contributed by atoms with Gasteiger partial charge in [-0.15, -0.1) is 0 Å². The molecule has 0 aliphatic carbocycles. The van der Waals surface area contributed by atoms with Gasteiger partial charge in [0.05, 0.1) is 12.1 Å². The van der Waals surface area contributed by atoms with Crippen LogP contribution in [-0.4, -0.2) is 47.1 Å². The molecular weight excluding hydrogens is 432 g/mol. The molecule has 8 heteroatoms. The van der Waals surface area contributed by atoms with Crippen molar-refractivity contribution in [1.29, 1.82) is 0 Å². The third kappa shape index (κ3) is 8.96. The standard InChI is InChI=1S/C26H36N4O4/c1-17(2)14-22(30-24(32)18(3)27)25(33)29-21(15-19-10-6-4-7-11-19)23(31)26(34)28-16-20-12-8-5-9-13-20/h4-13,17-18,21-23,31H,14-16,27H2,1-3H3,(H,28,34)(H,29,33)(H,30,32)/t18-,21-,22-,23?/m0/s1. The average molecular weight is 469 g/mol. The van der Waals surface area contributed by atoms with E-state index in [4.69, 9.17) is 5.73 Å². The van der Waals surface area contributed by atoms with Gasteiger partial charge in [0.1, 0.15) is 6.04 Å². The van der Waals surface area contributed by atoms with Crippen molar-refractivity contribution in [2.24, 2.45) is 11.7 Å². The maximum Gasteiger partial charge on any atom is 0.251 e. The molecule has 0 saturated heterocycles.